The Labute approximate surface area is 121 Å². The summed E-state index contributed by atoms with van der Waals surface area (Å²) in [6.45, 7) is 0. The minimum Gasteiger partial charge on any atom is -0.508 e. The average Bonchev–Trinajstić information content (AvgIpc) is 2.38. The fraction of sp³-hybridized carbons (Fsp3) is 0.500. The molecule has 102 valence electrons. The zero-order valence-corrected chi connectivity index (χ0v) is 12.3. The van der Waals surface area contributed by atoms with Crippen LogP contribution in [0.1, 0.15) is 19.3 Å². The molecule has 3 aliphatic rings. The van der Waals surface area contributed by atoms with Gasteiger partial charge in [-0.05, 0) is 42.7 Å². The molecule has 1 nitrogen and oxygen atoms in total. The van der Waals surface area contributed by atoms with Crippen LogP contribution in [-0.2, 0) is 0 Å². The third-order valence-electron chi connectivity index (χ3n) is 4.32. The monoisotopic (exact) mass is 324 g/mol. The van der Waals surface area contributed by atoms with E-state index in [1.54, 1.807) is 0 Å². The van der Waals surface area contributed by atoms with Gasteiger partial charge in [-0.2, -0.15) is 0 Å². The molecule has 0 saturated carbocycles. The van der Waals surface area contributed by atoms with E-state index < -0.39 is 6.17 Å². The van der Waals surface area contributed by atoms with Crippen molar-refractivity contribution in [3.63, 3.8) is 0 Å². The van der Waals surface area contributed by atoms with Crippen LogP contribution in [-0.4, -0.2) is 16.1 Å². The summed E-state index contributed by atoms with van der Waals surface area (Å²) in [5.41, 5.74) is 0.778. The van der Waals surface area contributed by atoms with Gasteiger partial charge in [-0.15, -0.1) is 0 Å². The molecule has 3 rings (SSSR count). The maximum atomic E-state index is 14.2. The molecule has 0 bridgehead atoms. The highest BCUT2D eigenvalue weighted by atomic mass is 79.9. The van der Waals surface area contributed by atoms with Gasteiger partial charge in [0, 0.05) is 10.7 Å². The van der Waals surface area contributed by atoms with E-state index in [0.717, 1.165) is 18.4 Å². The fourth-order valence-electron chi connectivity index (χ4n) is 3.24. The molecule has 0 heterocycles. The van der Waals surface area contributed by atoms with Crippen molar-refractivity contribution >= 4 is 15.9 Å². The van der Waals surface area contributed by atoms with Gasteiger partial charge in [0.2, 0.25) is 0 Å². The topological polar surface area (TPSA) is 20.2 Å². The Bertz CT molecular complexity index is 477. The molecule has 5 atom stereocenters. The molecule has 0 amide bonds. The van der Waals surface area contributed by atoms with Gasteiger partial charge in [-0.3, -0.25) is 0 Å². The second kappa shape index (κ2) is 5.28. The molecule has 0 aromatic rings. The van der Waals surface area contributed by atoms with Crippen molar-refractivity contribution in [3.05, 3.63) is 47.8 Å². The summed E-state index contributed by atoms with van der Waals surface area (Å²) >= 11 is 3.42. The highest BCUT2D eigenvalue weighted by molar-refractivity contribution is 9.09. The van der Waals surface area contributed by atoms with Crippen LogP contribution in [0.4, 0.5) is 4.39 Å². The molecule has 3 heteroatoms. The molecule has 0 fully saturated rings. The number of alkyl halides is 2. The lowest BCUT2D eigenvalue weighted by Crippen LogP contribution is -2.27. The van der Waals surface area contributed by atoms with Crippen molar-refractivity contribution in [2.45, 2.75) is 30.3 Å². The van der Waals surface area contributed by atoms with Crippen LogP contribution in [0.2, 0.25) is 0 Å². The first-order valence-corrected chi connectivity index (χ1v) is 7.81. The van der Waals surface area contributed by atoms with Crippen molar-refractivity contribution in [2.75, 3.05) is 0 Å². The van der Waals surface area contributed by atoms with Crippen molar-refractivity contribution < 1.29 is 9.50 Å². The maximum absolute atomic E-state index is 14.2. The van der Waals surface area contributed by atoms with Gasteiger partial charge >= 0.3 is 0 Å². The summed E-state index contributed by atoms with van der Waals surface area (Å²) in [6.07, 6.45) is 13.8. The number of fused-ring (bicyclic) bond motifs is 1. The summed E-state index contributed by atoms with van der Waals surface area (Å²) in [4.78, 5) is 0.111. The summed E-state index contributed by atoms with van der Waals surface area (Å²) in [7, 11) is 0. The maximum Gasteiger partial charge on any atom is 0.115 e. The zero-order chi connectivity index (χ0) is 13.4. The summed E-state index contributed by atoms with van der Waals surface area (Å²) in [5.74, 6) is 0.778. The third-order valence-corrected chi connectivity index (χ3v) is 5.00. The second-order valence-electron chi connectivity index (χ2n) is 5.62. The first kappa shape index (κ1) is 13.2. The Morgan fingerprint density at radius 1 is 1.11 bits per heavy atom. The van der Waals surface area contributed by atoms with E-state index in [2.05, 4.69) is 34.2 Å². The van der Waals surface area contributed by atoms with E-state index in [1.165, 1.54) is 0 Å². The number of hydrogen-bond donors (Lipinski definition) is 1. The van der Waals surface area contributed by atoms with Crippen molar-refractivity contribution in [3.8, 4) is 0 Å². The molecule has 0 spiro atoms. The van der Waals surface area contributed by atoms with Crippen LogP contribution < -0.4 is 0 Å². The Hall–Kier alpha value is -0.830. The number of rotatable bonds is 1. The largest absolute Gasteiger partial charge is 0.508 e. The normalized spacial score (nSPS) is 41.5. The molecule has 1 N–H and O–H groups in total. The SMILES string of the molecule is OC1=CC2CC=CCC2C=C1C1C=CC(Br)CC1F. The predicted octanol–water partition coefficient (Wildman–Crippen LogP) is 4.63. The molecule has 0 saturated heterocycles. The number of hydrogen-bond acceptors (Lipinski definition) is 1. The minimum atomic E-state index is -0.924. The van der Waals surface area contributed by atoms with Gasteiger partial charge in [0.1, 0.15) is 11.9 Å². The lowest BCUT2D eigenvalue weighted by atomic mass is 9.74. The lowest BCUT2D eigenvalue weighted by Gasteiger charge is -2.33. The predicted molar refractivity (Wildman–Crippen MR) is 79.0 cm³/mol. The summed E-state index contributed by atoms with van der Waals surface area (Å²) < 4.78 is 14.2. The standard InChI is InChI=1S/C16H18BrFO/c17-12-5-6-13(15(18)9-12)14-7-10-3-1-2-4-11(10)8-16(14)19/h1-2,5-8,10-13,15,19H,3-4,9H2. The average molecular weight is 325 g/mol. The van der Waals surface area contributed by atoms with Gasteiger partial charge in [0.25, 0.3) is 0 Å². The molecule has 0 radical (unpaired) electrons. The van der Waals surface area contributed by atoms with Crippen molar-refractivity contribution in [2.24, 2.45) is 17.8 Å². The number of aliphatic hydroxyl groups is 1. The first-order chi connectivity index (χ1) is 9.15. The Kier molecular flexibility index (Phi) is 3.66. The molecule has 0 aliphatic heterocycles. The van der Waals surface area contributed by atoms with E-state index in [-0.39, 0.29) is 16.5 Å². The summed E-state index contributed by atoms with van der Waals surface area (Å²) in [6, 6.07) is 0. The highest BCUT2D eigenvalue weighted by Crippen LogP contribution is 2.40. The van der Waals surface area contributed by atoms with Crippen LogP contribution in [0.25, 0.3) is 0 Å². The molecule has 0 aromatic heterocycles. The van der Waals surface area contributed by atoms with Gasteiger partial charge in [-0.1, -0.05) is 46.3 Å². The van der Waals surface area contributed by atoms with Gasteiger partial charge in [-0.25, -0.2) is 4.39 Å². The smallest absolute Gasteiger partial charge is 0.115 e. The number of halogens is 2. The quantitative estimate of drug-likeness (QED) is 0.550. The Morgan fingerprint density at radius 2 is 1.79 bits per heavy atom. The second-order valence-corrected chi connectivity index (χ2v) is 6.80. The van der Waals surface area contributed by atoms with Gasteiger partial charge < -0.3 is 5.11 Å². The summed E-state index contributed by atoms with van der Waals surface area (Å²) in [5, 5.41) is 10.2. The highest BCUT2D eigenvalue weighted by Gasteiger charge is 2.33. The third kappa shape index (κ3) is 2.58. The molecular formula is C16H18BrFO. The molecule has 0 aromatic carbocycles. The van der Waals surface area contributed by atoms with Crippen molar-refractivity contribution in [1.29, 1.82) is 0 Å². The molecule has 3 aliphatic carbocycles. The van der Waals surface area contributed by atoms with Crippen LogP contribution in [0.5, 0.6) is 0 Å². The van der Waals surface area contributed by atoms with Crippen LogP contribution in [0, 0.1) is 17.8 Å². The zero-order valence-electron chi connectivity index (χ0n) is 10.7. The Balaban J connectivity index is 1.88. The first-order valence-electron chi connectivity index (χ1n) is 6.89. The van der Waals surface area contributed by atoms with E-state index in [9.17, 15) is 9.50 Å². The molecule has 19 heavy (non-hydrogen) atoms. The van der Waals surface area contributed by atoms with Crippen LogP contribution >= 0.6 is 15.9 Å². The van der Waals surface area contributed by atoms with Crippen LogP contribution in [0.3, 0.4) is 0 Å². The van der Waals surface area contributed by atoms with E-state index >= 15 is 0 Å². The molecular weight excluding hydrogens is 307 g/mol. The Morgan fingerprint density at radius 3 is 2.47 bits per heavy atom. The van der Waals surface area contributed by atoms with E-state index in [0.29, 0.717) is 18.3 Å². The van der Waals surface area contributed by atoms with Gasteiger partial charge in [0.15, 0.2) is 0 Å². The van der Waals surface area contributed by atoms with E-state index in [4.69, 9.17) is 0 Å². The minimum absolute atomic E-state index is 0.111. The number of allylic oxidation sites excluding steroid dienone is 7. The van der Waals surface area contributed by atoms with E-state index in [1.807, 2.05) is 18.2 Å². The van der Waals surface area contributed by atoms with Crippen molar-refractivity contribution in [1.82, 2.24) is 0 Å². The fourth-order valence-corrected chi connectivity index (χ4v) is 3.77. The number of aliphatic hydroxyl groups excluding tert-OH is 1. The lowest BCUT2D eigenvalue weighted by molar-refractivity contribution is 0.252. The van der Waals surface area contributed by atoms with Gasteiger partial charge in [0.05, 0.1) is 0 Å². The van der Waals surface area contributed by atoms with Crippen LogP contribution in [0.15, 0.2) is 47.8 Å². The molecule has 5 unspecified atom stereocenters.